The van der Waals surface area contributed by atoms with Crippen LogP contribution in [-0.2, 0) is 9.59 Å². The Morgan fingerprint density at radius 1 is 0.865 bits per heavy atom. The Balaban J connectivity index is 1.22. The Hall–Kier alpha value is -4.00. The van der Waals surface area contributed by atoms with Crippen molar-refractivity contribution in [1.82, 2.24) is 20.1 Å². The fourth-order valence-corrected chi connectivity index (χ4v) is 5.32. The topological polar surface area (TPSA) is 82.6 Å². The van der Waals surface area contributed by atoms with E-state index < -0.39 is 6.04 Å². The van der Waals surface area contributed by atoms with Gasteiger partial charge in [-0.1, -0.05) is 48.5 Å². The molecule has 0 radical (unpaired) electrons. The predicted octanol–water partition coefficient (Wildman–Crippen LogP) is 4.22. The molecule has 3 heterocycles. The monoisotopic (exact) mass is 496 g/mol. The summed E-state index contributed by atoms with van der Waals surface area (Å²) in [7, 11) is 0. The smallest absolute Gasteiger partial charge is 0.251 e. The van der Waals surface area contributed by atoms with Crippen LogP contribution in [-0.4, -0.2) is 58.2 Å². The van der Waals surface area contributed by atoms with Gasteiger partial charge in [0.2, 0.25) is 11.8 Å². The van der Waals surface area contributed by atoms with Crippen molar-refractivity contribution in [2.45, 2.75) is 44.2 Å². The van der Waals surface area contributed by atoms with Crippen LogP contribution < -0.4 is 5.32 Å². The summed E-state index contributed by atoms with van der Waals surface area (Å²) in [5.41, 5.74) is 3.64. The van der Waals surface area contributed by atoms with E-state index >= 15 is 0 Å². The summed E-state index contributed by atoms with van der Waals surface area (Å²) in [6.45, 7) is 1.24. The van der Waals surface area contributed by atoms with Crippen LogP contribution in [0.4, 0.5) is 0 Å². The minimum absolute atomic E-state index is 0.00219. The standard InChI is InChI=1S/C30H32N4O3/c35-28(34-19-7-12-27(34)25-10-6-17-31-20-25)21-33-18-5-4-11-26(30(33)37)32-29(36)24-15-13-23(14-16-24)22-8-2-1-3-9-22/h1-3,6,8-10,13-17,20,26-27H,4-5,7,11-12,18-19,21H2,(H,32,36). The normalized spacial score (nSPS) is 19.9. The molecule has 1 aromatic heterocycles. The lowest BCUT2D eigenvalue weighted by Gasteiger charge is -2.29. The van der Waals surface area contributed by atoms with Crippen LogP contribution in [0.5, 0.6) is 0 Å². The van der Waals surface area contributed by atoms with E-state index in [0.717, 1.165) is 42.4 Å². The minimum atomic E-state index is -0.635. The SMILES string of the molecule is O=C(NC1CCCCN(CC(=O)N2CCCC2c2cccnc2)C1=O)c1ccc(-c2ccccc2)cc1. The van der Waals surface area contributed by atoms with Crippen molar-refractivity contribution in [3.05, 3.63) is 90.3 Å². The van der Waals surface area contributed by atoms with Crippen molar-refractivity contribution in [2.24, 2.45) is 0 Å². The van der Waals surface area contributed by atoms with Crippen LogP contribution in [0.1, 0.15) is 54.1 Å². The zero-order chi connectivity index (χ0) is 25.6. The molecular weight excluding hydrogens is 464 g/mol. The second-order valence-electron chi connectivity index (χ2n) is 9.76. The molecule has 2 saturated heterocycles. The van der Waals surface area contributed by atoms with Gasteiger partial charge in [0.05, 0.1) is 12.6 Å². The van der Waals surface area contributed by atoms with E-state index in [1.165, 1.54) is 0 Å². The number of likely N-dealkylation sites (tertiary alicyclic amines) is 2. The third-order valence-electron chi connectivity index (χ3n) is 7.31. The zero-order valence-electron chi connectivity index (χ0n) is 20.9. The number of carbonyl (C=O) groups is 3. The molecule has 0 aliphatic carbocycles. The van der Waals surface area contributed by atoms with Crippen molar-refractivity contribution < 1.29 is 14.4 Å². The molecule has 0 bridgehead atoms. The fraction of sp³-hybridized carbons (Fsp3) is 0.333. The maximum atomic E-state index is 13.4. The summed E-state index contributed by atoms with van der Waals surface area (Å²) < 4.78 is 0. The zero-order valence-corrected chi connectivity index (χ0v) is 20.9. The van der Waals surface area contributed by atoms with Gasteiger partial charge in [-0.3, -0.25) is 19.4 Å². The first-order valence-electron chi connectivity index (χ1n) is 13.0. The number of benzene rings is 2. The lowest BCUT2D eigenvalue weighted by Crippen LogP contribution is -2.50. The van der Waals surface area contributed by atoms with Gasteiger partial charge in [0.1, 0.15) is 6.04 Å². The molecule has 2 aromatic carbocycles. The second-order valence-corrected chi connectivity index (χ2v) is 9.76. The van der Waals surface area contributed by atoms with Crippen LogP contribution >= 0.6 is 0 Å². The van der Waals surface area contributed by atoms with Crippen molar-refractivity contribution in [3.8, 4) is 11.1 Å². The first kappa shape index (κ1) is 24.7. The summed E-state index contributed by atoms with van der Waals surface area (Å²) in [4.78, 5) is 47.4. The molecule has 7 nitrogen and oxygen atoms in total. The number of aromatic nitrogens is 1. The van der Waals surface area contributed by atoms with Crippen LogP contribution in [0.25, 0.3) is 11.1 Å². The highest BCUT2D eigenvalue weighted by atomic mass is 16.2. The van der Waals surface area contributed by atoms with Crippen molar-refractivity contribution in [2.75, 3.05) is 19.6 Å². The van der Waals surface area contributed by atoms with Gasteiger partial charge in [-0.15, -0.1) is 0 Å². The van der Waals surface area contributed by atoms with Gasteiger partial charge in [-0.2, -0.15) is 0 Å². The van der Waals surface area contributed by atoms with Crippen LogP contribution in [0.15, 0.2) is 79.1 Å². The predicted molar refractivity (Wildman–Crippen MR) is 141 cm³/mol. The lowest BCUT2D eigenvalue weighted by molar-refractivity contribution is -0.141. The fourth-order valence-electron chi connectivity index (χ4n) is 5.32. The highest BCUT2D eigenvalue weighted by molar-refractivity contribution is 5.98. The first-order chi connectivity index (χ1) is 18.1. The van der Waals surface area contributed by atoms with E-state index in [1.807, 2.05) is 65.7 Å². The number of amides is 3. The molecule has 2 aliphatic heterocycles. The summed E-state index contributed by atoms with van der Waals surface area (Å²) in [5.74, 6) is -0.511. The molecule has 2 unspecified atom stereocenters. The van der Waals surface area contributed by atoms with Gasteiger partial charge in [0.25, 0.3) is 5.91 Å². The Bertz CT molecular complexity index is 1230. The Morgan fingerprint density at radius 2 is 1.65 bits per heavy atom. The number of pyridine rings is 1. The molecule has 0 saturated carbocycles. The van der Waals surface area contributed by atoms with Gasteiger partial charge in [0, 0.05) is 31.0 Å². The third-order valence-corrected chi connectivity index (χ3v) is 7.31. The van der Waals surface area contributed by atoms with Crippen LogP contribution in [0, 0.1) is 0 Å². The largest absolute Gasteiger partial charge is 0.340 e. The van der Waals surface area contributed by atoms with E-state index in [0.29, 0.717) is 25.1 Å². The van der Waals surface area contributed by atoms with Gasteiger partial charge < -0.3 is 15.1 Å². The summed E-state index contributed by atoms with van der Waals surface area (Å²) >= 11 is 0. The Labute approximate surface area is 217 Å². The molecule has 5 rings (SSSR count). The number of hydrogen-bond donors (Lipinski definition) is 1. The molecule has 0 spiro atoms. The molecule has 2 fully saturated rings. The molecule has 1 N–H and O–H groups in total. The summed E-state index contributed by atoms with van der Waals surface area (Å²) in [6, 6.07) is 20.6. The third kappa shape index (κ3) is 5.71. The van der Waals surface area contributed by atoms with E-state index in [2.05, 4.69) is 10.3 Å². The van der Waals surface area contributed by atoms with Gasteiger partial charge >= 0.3 is 0 Å². The van der Waals surface area contributed by atoms with E-state index in [4.69, 9.17) is 0 Å². The number of nitrogens with one attached hydrogen (secondary N) is 1. The molecule has 37 heavy (non-hydrogen) atoms. The molecule has 3 amide bonds. The number of hydrogen-bond acceptors (Lipinski definition) is 4. The van der Waals surface area contributed by atoms with E-state index in [-0.39, 0.29) is 30.3 Å². The first-order valence-corrected chi connectivity index (χ1v) is 13.0. The average molecular weight is 497 g/mol. The Morgan fingerprint density at radius 3 is 2.41 bits per heavy atom. The van der Waals surface area contributed by atoms with Gasteiger partial charge in [-0.25, -0.2) is 0 Å². The van der Waals surface area contributed by atoms with Crippen molar-refractivity contribution in [1.29, 1.82) is 0 Å². The summed E-state index contributed by atoms with van der Waals surface area (Å²) in [6.07, 6.45) is 7.56. The number of carbonyl (C=O) groups excluding carboxylic acids is 3. The van der Waals surface area contributed by atoms with E-state index in [9.17, 15) is 14.4 Å². The van der Waals surface area contributed by atoms with Crippen molar-refractivity contribution in [3.63, 3.8) is 0 Å². The minimum Gasteiger partial charge on any atom is -0.340 e. The molecule has 7 heteroatoms. The summed E-state index contributed by atoms with van der Waals surface area (Å²) in [5, 5.41) is 2.93. The molecular formula is C30H32N4O3. The highest BCUT2D eigenvalue weighted by Crippen LogP contribution is 2.31. The molecule has 190 valence electrons. The van der Waals surface area contributed by atoms with Gasteiger partial charge in [0.15, 0.2) is 0 Å². The lowest BCUT2D eigenvalue weighted by atomic mass is 10.0. The van der Waals surface area contributed by atoms with Crippen LogP contribution in [0.2, 0.25) is 0 Å². The highest BCUT2D eigenvalue weighted by Gasteiger charge is 2.34. The van der Waals surface area contributed by atoms with E-state index in [1.54, 1.807) is 23.2 Å². The van der Waals surface area contributed by atoms with Crippen molar-refractivity contribution >= 4 is 17.7 Å². The average Bonchev–Trinajstić information content (AvgIpc) is 3.38. The second kappa shape index (κ2) is 11.4. The maximum absolute atomic E-state index is 13.4. The maximum Gasteiger partial charge on any atom is 0.251 e. The quantitative estimate of drug-likeness (QED) is 0.554. The number of rotatable bonds is 6. The van der Waals surface area contributed by atoms with Gasteiger partial charge in [-0.05, 0) is 67.0 Å². The molecule has 3 aromatic rings. The number of nitrogens with zero attached hydrogens (tertiary/aromatic N) is 3. The molecule has 2 atom stereocenters. The van der Waals surface area contributed by atoms with Crippen LogP contribution in [0.3, 0.4) is 0 Å². The Kier molecular flexibility index (Phi) is 7.59. The molecule has 2 aliphatic rings.